The third-order valence-corrected chi connectivity index (χ3v) is 7.74. The van der Waals surface area contributed by atoms with E-state index in [2.05, 4.69) is 32.4 Å². The van der Waals surface area contributed by atoms with Crippen LogP contribution < -0.4 is 20.9 Å². The molecule has 2 amide bonds. The number of para-hydroxylation sites is 2. The van der Waals surface area contributed by atoms with E-state index in [9.17, 15) is 18.0 Å². The highest BCUT2D eigenvalue weighted by Gasteiger charge is 2.26. The van der Waals surface area contributed by atoms with E-state index in [1.54, 1.807) is 42.5 Å². The standard InChI is InChI=1S/C31H37F3N8O2/c1-3-21(9-8-20(2)32)19-35-31(43)37-23-12-10-22(11-13-23)36-30-39-26(41-14-16-44-17-15-41)18-27(40-30)42-25-7-5-4-6-24(25)38-29(42)28(33)34/h3-9,18,22-23,28H,2,10-17,19H2,1H3,(H2,35,37,43)(H,36,39,40)/b9-8-,21-3+. The Kier molecular flexibility index (Phi) is 10.2. The number of imidazole rings is 1. The molecule has 2 aromatic heterocycles. The van der Waals surface area contributed by atoms with Crippen molar-refractivity contribution in [2.24, 2.45) is 0 Å². The molecule has 3 heterocycles. The highest BCUT2D eigenvalue weighted by molar-refractivity contribution is 5.78. The Bertz CT molecular complexity index is 1530. The van der Waals surface area contributed by atoms with E-state index in [0.29, 0.717) is 54.9 Å². The number of urea groups is 1. The van der Waals surface area contributed by atoms with Gasteiger partial charge in [0, 0.05) is 37.8 Å². The second-order valence-corrected chi connectivity index (χ2v) is 10.8. The number of rotatable bonds is 10. The number of alkyl halides is 2. The molecule has 0 radical (unpaired) electrons. The van der Waals surface area contributed by atoms with Crippen LogP contribution >= 0.6 is 0 Å². The van der Waals surface area contributed by atoms with Gasteiger partial charge in [-0.25, -0.2) is 22.9 Å². The lowest BCUT2D eigenvalue weighted by atomic mass is 9.91. The van der Waals surface area contributed by atoms with Crippen LogP contribution in [0.3, 0.4) is 0 Å². The SMILES string of the molecule is C=C(F)/C=C\C(=C/C)CNC(=O)NC1CCC(Nc2nc(N3CCOCC3)cc(-n3c(C(F)F)nc4ccccc43)n2)CC1. The highest BCUT2D eigenvalue weighted by atomic mass is 19.3. The van der Waals surface area contributed by atoms with Crippen LogP contribution in [0.4, 0.5) is 29.7 Å². The van der Waals surface area contributed by atoms with Crippen molar-refractivity contribution in [3.8, 4) is 5.82 Å². The van der Waals surface area contributed by atoms with Gasteiger partial charge in [0.05, 0.1) is 24.2 Å². The molecule has 1 saturated carbocycles. The Hall–Kier alpha value is -4.39. The van der Waals surface area contributed by atoms with Gasteiger partial charge in [-0.3, -0.25) is 4.57 Å². The van der Waals surface area contributed by atoms with Gasteiger partial charge in [0.25, 0.3) is 6.43 Å². The maximum atomic E-state index is 14.2. The number of carbonyl (C=O) groups is 1. The van der Waals surface area contributed by atoms with Crippen LogP contribution in [0.15, 0.2) is 66.5 Å². The van der Waals surface area contributed by atoms with Gasteiger partial charge in [0.2, 0.25) is 5.95 Å². The van der Waals surface area contributed by atoms with Crippen molar-refractivity contribution >= 4 is 28.8 Å². The first-order valence-electron chi connectivity index (χ1n) is 14.8. The fraction of sp³-hybridized carbons (Fsp3) is 0.419. The maximum absolute atomic E-state index is 14.2. The van der Waals surface area contributed by atoms with Crippen molar-refractivity contribution in [2.75, 3.05) is 43.1 Å². The third kappa shape index (κ3) is 7.76. The number of hydrogen-bond acceptors (Lipinski definition) is 7. The Morgan fingerprint density at radius 1 is 1.07 bits per heavy atom. The molecule has 3 aromatic rings. The largest absolute Gasteiger partial charge is 0.378 e. The van der Waals surface area contributed by atoms with E-state index in [0.717, 1.165) is 31.3 Å². The third-order valence-electron chi connectivity index (χ3n) is 7.74. The number of nitrogens with one attached hydrogen (secondary N) is 3. The van der Waals surface area contributed by atoms with Gasteiger partial charge in [0.1, 0.15) is 17.5 Å². The Morgan fingerprint density at radius 2 is 1.77 bits per heavy atom. The van der Waals surface area contributed by atoms with Crippen LogP contribution in [0.2, 0.25) is 0 Å². The lowest BCUT2D eigenvalue weighted by Gasteiger charge is -2.31. The summed E-state index contributed by atoms with van der Waals surface area (Å²) in [4.78, 5) is 28.2. The number of morpholine rings is 1. The fourth-order valence-electron chi connectivity index (χ4n) is 5.43. The van der Waals surface area contributed by atoms with Crippen molar-refractivity contribution in [3.63, 3.8) is 0 Å². The minimum atomic E-state index is -2.79. The zero-order valence-electron chi connectivity index (χ0n) is 24.6. The van der Waals surface area contributed by atoms with E-state index in [4.69, 9.17) is 14.7 Å². The van der Waals surface area contributed by atoms with Crippen molar-refractivity contribution in [2.45, 2.75) is 51.1 Å². The summed E-state index contributed by atoms with van der Waals surface area (Å²) < 4.78 is 48.1. The molecule has 1 aliphatic carbocycles. The van der Waals surface area contributed by atoms with Gasteiger partial charge in [-0.05, 0) is 56.4 Å². The van der Waals surface area contributed by atoms with Crippen molar-refractivity contribution < 1.29 is 22.7 Å². The lowest BCUT2D eigenvalue weighted by molar-refractivity contribution is 0.122. The molecule has 1 saturated heterocycles. The topological polar surface area (TPSA) is 109 Å². The summed E-state index contributed by atoms with van der Waals surface area (Å²) in [6.45, 7) is 7.61. The minimum absolute atomic E-state index is 0.00894. The number of ether oxygens (including phenoxy) is 1. The van der Waals surface area contributed by atoms with Crippen LogP contribution in [0, 0.1) is 0 Å². The molecule has 2 fully saturated rings. The van der Waals surface area contributed by atoms with E-state index in [1.165, 1.54) is 10.6 Å². The van der Waals surface area contributed by atoms with Gasteiger partial charge >= 0.3 is 6.03 Å². The number of aromatic nitrogens is 4. The molecule has 5 rings (SSSR count). The number of halogens is 3. The Morgan fingerprint density at radius 3 is 2.48 bits per heavy atom. The van der Waals surface area contributed by atoms with E-state index in [-0.39, 0.29) is 30.5 Å². The average Bonchev–Trinajstić information content (AvgIpc) is 3.43. The zero-order valence-corrected chi connectivity index (χ0v) is 24.6. The molecule has 1 aromatic carbocycles. The minimum Gasteiger partial charge on any atom is -0.378 e. The number of hydrogen-bond donors (Lipinski definition) is 3. The van der Waals surface area contributed by atoms with Gasteiger partial charge in [-0.2, -0.15) is 9.97 Å². The molecule has 0 bridgehead atoms. The second kappa shape index (κ2) is 14.4. The molecule has 13 heteroatoms. The number of fused-ring (bicyclic) bond motifs is 1. The monoisotopic (exact) mass is 610 g/mol. The highest BCUT2D eigenvalue weighted by Crippen LogP contribution is 2.30. The molecule has 234 valence electrons. The molecular formula is C31H37F3N8O2. The number of carbonyl (C=O) groups excluding carboxylic acids is 1. The molecular weight excluding hydrogens is 573 g/mol. The van der Waals surface area contributed by atoms with Crippen molar-refractivity contribution in [1.29, 1.82) is 0 Å². The first-order chi connectivity index (χ1) is 21.3. The smallest absolute Gasteiger partial charge is 0.315 e. The number of amides is 2. The Balaban J connectivity index is 1.27. The molecule has 0 atom stereocenters. The molecule has 0 spiro atoms. The second-order valence-electron chi connectivity index (χ2n) is 10.8. The predicted molar refractivity (Wildman–Crippen MR) is 164 cm³/mol. The van der Waals surface area contributed by atoms with Gasteiger partial charge in [-0.15, -0.1) is 0 Å². The summed E-state index contributed by atoms with van der Waals surface area (Å²) in [7, 11) is 0. The van der Waals surface area contributed by atoms with Crippen LogP contribution in [-0.2, 0) is 4.74 Å². The molecule has 2 aliphatic rings. The van der Waals surface area contributed by atoms with Gasteiger partial charge < -0.3 is 25.6 Å². The van der Waals surface area contributed by atoms with Crippen LogP contribution in [0.5, 0.6) is 0 Å². The fourth-order valence-corrected chi connectivity index (χ4v) is 5.43. The van der Waals surface area contributed by atoms with Crippen molar-refractivity contribution in [3.05, 3.63) is 72.4 Å². The number of nitrogens with zero attached hydrogens (tertiary/aromatic N) is 5. The van der Waals surface area contributed by atoms with Gasteiger partial charge in [-0.1, -0.05) is 30.9 Å². The molecule has 10 nitrogen and oxygen atoms in total. The predicted octanol–water partition coefficient (Wildman–Crippen LogP) is 5.60. The molecule has 0 unspecified atom stereocenters. The normalized spacial score (nSPS) is 19.5. The summed E-state index contributed by atoms with van der Waals surface area (Å²) in [5.74, 6) is 0.350. The molecule has 1 aliphatic heterocycles. The van der Waals surface area contributed by atoms with E-state index in [1.807, 2.05) is 6.92 Å². The lowest BCUT2D eigenvalue weighted by Crippen LogP contribution is -2.45. The summed E-state index contributed by atoms with van der Waals surface area (Å²) in [5, 5.41) is 9.24. The zero-order chi connectivity index (χ0) is 31.1. The Labute approximate surface area is 254 Å². The molecule has 44 heavy (non-hydrogen) atoms. The maximum Gasteiger partial charge on any atom is 0.315 e. The van der Waals surface area contributed by atoms with Gasteiger partial charge in [0.15, 0.2) is 5.82 Å². The van der Waals surface area contributed by atoms with E-state index < -0.39 is 12.3 Å². The average molecular weight is 611 g/mol. The summed E-state index contributed by atoms with van der Waals surface area (Å²) in [5.41, 5.74) is 1.76. The first-order valence-corrected chi connectivity index (χ1v) is 14.8. The summed E-state index contributed by atoms with van der Waals surface area (Å²) in [6, 6.07) is 8.46. The van der Waals surface area contributed by atoms with E-state index >= 15 is 0 Å². The number of benzene rings is 1. The first kappa shape index (κ1) is 31.0. The molecule has 3 N–H and O–H groups in total. The number of allylic oxidation sites excluding steroid dienone is 3. The van der Waals surface area contributed by atoms with Crippen LogP contribution in [-0.4, -0.2) is 70.5 Å². The quantitative estimate of drug-likeness (QED) is 0.257. The van der Waals surface area contributed by atoms with Crippen LogP contribution in [0.1, 0.15) is 44.9 Å². The summed E-state index contributed by atoms with van der Waals surface area (Å²) >= 11 is 0. The van der Waals surface area contributed by atoms with Crippen LogP contribution in [0.25, 0.3) is 16.9 Å². The number of anilines is 2. The van der Waals surface area contributed by atoms with Crippen molar-refractivity contribution in [1.82, 2.24) is 30.2 Å². The summed E-state index contributed by atoms with van der Waals surface area (Å²) in [6.07, 6.45) is 4.80.